The minimum absolute atomic E-state index is 0.0291. The molecule has 1 saturated heterocycles. The number of ketones is 1. The Morgan fingerprint density at radius 3 is 2.59 bits per heavy atom. The van der Waals surface area contributed by atoms with Gasteiger partial charge in [-0.1, -0.05) is 23.7 Å². The Balaban J connectivity index is 1.43. The number of halogens is 1. The molecule has 37 heavy (non-hydrogen) atoms. The highest BCUT2D eigenvalue weighted by molar-refractivity contribution is 6.30. The maximum absolute atomic E-state index is 12.8. The number of rotatable bonds is 6. The van der Waals surface area contributed by atoms with E-state index in [-0.39, 0.29) is 47.5 Å². The van der Waals surface area contributed by atoms with Crippen LogP contribution in [0.25, 0.3) is 5.65 Å². The summed E-state index contributed by atoms with van der Waals surface area (Å²) in [5, 5.41) is 7.49. The molecule has 4 rings (SSSR count). The molecule has 0 atom stereocenters. The van der Waals surface area contributed by atoms with Crippen molar-refractivity contribution in [3.8, 4) is 0 Å². The summed E-state index contributed by atoms with van der Waals surface area (Å²) < 4.78 is 7.01. The van der Waals surface area contributed by atoms with Crippen LogP contribution in [-0.4, -0.2) is 62.5 Å². The quantitative estimate of drug-likeness (QED) is 0.506. The van der Waals surface area contributed by atoms with E-state index in [0.29, 0.717) is 36.6 Å². The standard InChI is InChI=1S/C26H30ClN5O5/c1-26(2,3)37-25(36)31-9-7-17(8-10-31)21-13-22(34)30-23-20(15-29-32(21)23)24(35)28-14-19(33)12-16-5-4-6-18(27)11-16/h4-6,11,13,15,17H,7-10,12,14H2,1-3H3,(H,28,35)(H,30,34). The van der Waals surface area contributed by atoms with E-state index in [1.807, 2.05) is 20.8 Å². The molecule has 0 spiro atoms. The van der Waals surface area contributed by atoms with Crippen LogP contribution in [0, 0.1) is 0 Å². The zero-order valence-corrected chi connectivity index (χ0v) is 21.8. The number of nitrogens with zero attached hydrogens (tertiary/aromatic N) is 3. The minimum atomic E-state index is -0.571. The number of likely N-dealkylation sites (tertiary alicyclic amines) is 1. The fraction of sp³-hybridized carbons (Fsp3) is 0.423. The molecule has 196 valence electrons. The summed E-state index contributed by atoms with van der Waals surface area (Å²) in [7, 11) is 0. The second-order valence-electron chi connectivity index (χ2n) is 10.1. The number of H-pyrrole nitrogens is 1. The Labute approximate surface area is 218 Å². The van der Waals surface area contributed by atoms with E-state index in [1.54, 1.807) is 33.7 Å². The van der Waals surface area contributed by atoms with E-state index in [0.717, 1.165) is 5.56 Å². The van der Waals surface area contributed by atoms with Gasteiger partial charge in [0.2, 0.25) is 0 Å². The van der Waals surface area contributed by atoms with Crippen LogP contribution in [0.1, 0.15) is 61.1 Å². The van der Waals surface area contributed by atoms with Gasteiger partial charge in [-0.15, -0.1) is 0 Å². The maximum atomic E-state index is 12.8. The molecule has 0 aliphatic carbocycles. The second kappa shape index (κ2) is 10.8. The number of carbonyl (C=O) groups is 3. The first-order valence-electron chi connectivity index (χ1n) is 12.1. The lowest BCUT2D eigenvalue weighted by atomic mass is 9.93. The average molecular weight is 528 g/mol. The molecular formula is C26H30ClN5O5. The van der Waals surface area contributed by atoms with Crippen LogP contribution >= 0.6 is 11.6 Å². The van der Waals surface area contributed by atoms with Crippen LogP contribution in [0.3, 0.4) is 0 Å². The van der Waals surface area contributed by atoms with Crippen molar-refractivity contribution >= 4 is 35.0 Å². The SMILES string of the molecule is CC(C)(C)OC(=O)N1CCC(c2cc(=O)[nH]c3c(C(=O)NCC(=O)Cc4cccc(Cl)c4)cnn23)CC1. The maximum Gasteiger partial charge on any atom is 0.410 e. The molecule has 2 aromatic heterocycles. The number of hydrogen-bond donors (Lipinski definition) is 2. The monoisotopic (exact) mass is 527 g/mol. The lowest BCUT2D eigenvalue weighted by Gasteiger charge is -2.33. The number of aromatic nitrogens is 3. The Bertz CT molecular complexity index is 1380. The van der Waals surface area contributed by atoms with Crippen LogP contribution in [0.2, 0.25) is 5.02 Å². The van der Waals surface area contributed by atoms with Crippen molar-refractivity contribution in [3.05, 3.63) is 68.7 Å². The number of hydrogen-bond acceptors (Lipinski definition) is 6. The molecular weight excluding hydrogens is 498 g/mol. The van der Waals surface area contributed by atoms with E-state index >= 15 is 0 Å². The molecule has 1 aromatic carbocycles. The molecule has 3 heterocycles. The van der Waals surface area contributed by atoms with Crippen molar-refractivity contribution in [3.63, 3.8) is 0 Å². The van der Waals surface area contributed by atoms with Crippen molar-refractivity contribution in [1.29, 1.82) is 0 Å². The van der Waals surface area contributed by atoms with Crippen molar-refractivity contribution in [1.82, 2.24) is 24.8 Å². The van der Waals surface area contributed by atoms with Gasteiger partial charge >= 0.3 is 6.09 Å². The van der Waals surface area contributed by atoms with Crippen LogP contribution in [0.4, 0.5) is 4.79 Å². The van der Waals surface area contributed by atoms with Crippen LogP contribution in [0.5, 0.6) is 0 Å². The summed E-state index contributed by atoms with van der Waals surface area (Å²) in [6.07, 6.45) is 2.40. The molecule has 1 aliphatic rings. The van der Waals surface area contributed by atoms with E-state index < -0.39 is 11.5 Å². The van der Waals surface area contributed by atoms with Crippen molar-refractivity contribution in [2.24, 2.45) is 0 Å². The van der Waals surface area contributed by atoms with Gasteiger partial charge in [0, 0.05) is 36.5 Å². The lowest BCUT2D eigenvalue weighted by Crippen LogP contribution is -2.41. The first kappa shape index (κ1) is 26.4. The third kappa shape index (κ3) is 6.56. The van der Waals surface area contributed by atoms with Gasteiger partial charge in [-0.05, 0) is 51.3 Å². The van der Waals surface area contributed by atoms with Gasteiger partial charge in [-0.2, -0.15) is 5.10 Å². The first-order chi connectivity index (χ1) is 17.5. The summed E-state index contributed by atoms with van der Waals surface area (Å²) >= 11 is 5.96. The van der Waals surface area contributed by atoms with E-state index in [4.69, 9.17) is 16.3 Å². The molecule has 11 heteroatoms. The number of fused-ring (bicyclic) bond motifs is 1. The zero-order valence-electron chi connectivity index (χ0n) is 21.0. The molecule has 3 aromatic rings. The third-order valence-electron chi connectivity index (χ3n) is 6.08. The number of amides is 2. The molecule has 0 saturated carbocycles. The van der Waals surface area contributed by atoms with Crippen LogP contribution < -0.4 is 10.9 Å². The van der Waals surface area contributed by atoms with E-state index in [9.17, 15) is 19.2 Å². The van der Waals surface area contributed by atoms with Gasteiger partial charge in [0.05, 0.1) is 18.4 Å². The van der Waals surface area contributed by atoms with Crippen LogP contribution in [0.15, 0.2) is 41.3 Å². The number of ether oxygens (including phenoxy) is 1. The third-order valence-corrected chi connectivity index (χ3v) is 6.32. The van der Waals surface area contributed by atoms with Crippen LogP contribution in [-0.2, 0) is 16.0 Å². The highest BCUT2D eigenvalue weighted by Crippen LogP contribution is 2.28. The number of nitrogens with one attached hydrogen (secondary N) is 2. The summed E-state index contributed by atoms with van der Waals surface area (Å²) in [5.74, 6) is -0.724. The summed E-state index contributed by atoms with van der Waals surface area (Å²) in [6, 6.07) is 8.46. The zero-order chi connectivity index (χ0) is 26.7. The van der Waals surface area contributed by atoms with Gasteiger partial charge in [0.15, 0.2) is 5.78 Å². The Morgan fingerprint density at radius 1 is 1.19 bits per heavy atom. The number of piperidine rings is 1. The molecule has 1 aliphatic heterocycles. The van der Waals surface area contributed by atoms with Crippen molar-refractivity contribution in [2.45, 2.75) is 51.6 Å². The van der Waals surface area contributed by atoms with E-state index in [1.165, 1.54) is 12.3 Å². The fourth-order valence-electron chi connectivity index (χ4n) is 4.37. The average Bonchev–Trinajstić information content (AvgIpc) is 3.25. The molecule has 0 unspecified atom stereocenters. The normalized spacial score (nSPS) is 14.5. The fourth-order valence-corrected chi connectivity index (χ4v) is 4.58. The molecule has 2 N–H and O–H groups in total. The van der Waals surface area contributed by atoms with Crippen molar-refractivity contribution in [2.75, 3.05) is 19.6 Å². The van der Waals surface area contributed by atoms with E-state index in [2.05, 4.69) is 15.4 Å². The van der Waals surface area contributed by atoms with Gasteiger partial charge in [0.1, 0.15) is 16.8 Å². The molecule has 2 amide bonds. The number of carbonyl (C=O) groups excluding carboxylic acids is 3. The second-order valence-corrected chi connectivity index (χ2v) is 10.6. The molecule has 0 bridgehead atoms. The Morgan fingerprint density at radius 2 is 1.92 bits per heavy atom. The predicted molar refractivity (Wildman–Crippen MR) is 138 cm³/mol. The number of benzene rings is 1. The number of aromatic amines is 1. The van der Waals surface area contributed by atoms with Gasteiger partial charge in [0.25, 0.3) is 11.5 Å². The molecule has 10 nitrogen and oxygen atoms in total. The topological polar surface area (TPSA) is 126 Å². The minimum Gasteiger partial charge on any atom is -0.444 e. The van der Waals surface area contributed by atoms with Gasteiger partial charge < -0.3 is 19.9 Å². The molecule has 1 fully saturated rings. The summed E-state index contributed by atoms with van der Waals surface area (Å²) in [4.78, 5) is 54.4. The summed E-state index contributed by atoms with van der Waals surface area (Å²) in [6.45, 7) is 6.27. The highest BCUT2D eigenvalue weighted by atomic mass is 35.5. The highest BCUT2D eigenvalue weighted by Gasteiger charge is 2.29. The Hall–Kier alpha value is -3.66. The smallest absolute Gasteiger partial charge is 0.410 e. The van der Waals surface area contributed by atoms with Gasteiger partial charge in [-0.25, -0.2) is 9.31 Å². The predicted octanol–water partition coefficient (Wildman–Crippen LogP) is 3.33. The number of Topliss-reactive ketones (excluding diaryl/α,β-unsaturated/α-hetero) is 1. The first-order valence-corrected chi connectivity index (χ1v) is 12.5. The largest absolute Gasteiger partial charge is 0.444 e. The summed E-state index contributed by atoms with van der Waals surface area (Å²) in [5.41, 5.74) is 0.924. The van der Waals surface area contributed by atoms with Gasteiger partial charge in [-0.3, -0.25) is 14.4 Å². The Kier molecular flexibility index (Phi) is 7.68. The van der Waals surface area contributed by atoms with Crippen molar-refractivity contribution < 1.29 is 19.1 Å². The molecule has 0 radical (unpaired) electrons. The lowest BCUT2D eigenvalue weighted by molar-refractivity contribution is -0.117.